The molecule has 0 spiro atoms. The lowest BCUT2D eigenvalue weighted by atomic mass is 9.89. The minimum Gasteiger partial charge on any atom is -0.302 e. The molecule has 102 valence electrons. The number of likely N-dealkylation sites (N-methyl/N-ethyl adjacent to an activating group) is 1. The van der Waals surface area contributed by atoms with E-state index in [0.717, 1.165) is 6.54 Å². The SMILES string of the molecule is CN1CCCC(=C(c2ccccc2)c2ccccc2)C1. The van der Waals surface area contributed by atoms with Crippen molar-refractivity contribution < 1.29 is 0 Å². The molecule has 0 atom stereocenters. The van der Waals surface area contributed by atoms with Crippen molar-refractivity contribution >= 4 is 5.57 Å². The molecule has 0 saturated carbocycles. The van der Waals surface area contributed by atoms with Crippen LogP contribution in [0.2, 0.25) is 0 Å². The predicted octanol–water partition coefficient (Wildman–Crippen LogP) is 4.21. The molecule has 0 amide bonds. The molecule has 1 fully saturated rings. The van der Waals surface area contributed by atoms with Crippen molar-refractivity contribution in [3.63, 3.8) is 0 Å². The van der Waals surface area contributed by atoms with Crippen molar-refractivity contribution in [1.82, 2.24) is 4.90 Å². The van der Waals surface area contributed by atoms with Crippen molar-refractivity contribution in [3.8, 4) is 0 Å². The summed E-state index contributed by atoms with van der Waals surface area (Å²) in [5.74, 6) is 0. The summed E-state index contributed by atoms with van der Waals surface area (Å²) in [6, 6.07) is 21.6. The number of benzene rings is 2. The van der Waals surface area contributed by atoms with Crippen molar-refractivity contribution in [2.24, 2.45) is 0 Å². The zero-order chi connectivity index (χ0) is 13.8. The van der Waals surface area contributed by atoms with Crippen molar-refractivity contribution in [2.45, 2.75) is 12.8 Å². The van der Waals surface area contributed by atoms with Gasteiger partial charge in [-0.25, -0.2) is 0 Å². The molecule has 2 aromatic rings. The number of piperidine rings is 1. The molecule has 0 aliphatic carbocycles. The highest BCUT2D eigenvalue weighted by Gasteiger charge is 2.16. The second kappa shape index (κ2) is 6.06. The zero-order valence-electron chi connectivity index (χ0n) is 12.0. The first-order valence-electron chi connectivity index (χ1n) is 7.36. The molecule has 2 aromatic carbocycles. The molecule has 0 bridgehead atoms. The minimum absolute atomic E-state index is 1.08. The van der Waals surface area contributed by atoms with E-state index in [0.29, 0.717) is 0 Å². The van der Waals surface area contributed by atoms with Crippen LogP contribution >= 0.6 is 0 Å². The second-order valence-electron chi connectivity index (χ2n) is 5.55. The Morgan fingerprint density at radius 2 is 1.40 bits per heavy atom. The van der Waals surface area contributed by atoms with Gasteiger partial charge in [0.2, 0.25) is 0 Å². The van der Waals surface area contributed by atoms with Gasteiger partial charge in [-0.1, -0.05) is 60.7 Å². The van der Waals surface area contributed by atoms with Gasteiger partial charge in [-0.2, -0.15) is 0 Å². The Balaban J connectivity index is 2.11. The fourth-order valence-electron chi connectivity index (χ4n) is 3.03. The van der Waals surface area contributed by atoms with E-state index in [9.17, 15) is 0 Å². The number of hydrogen-bond acceptors (Lipinski definition) is 1. The Hall–Kier alpha value is -1.86. The average Bonchev–Trinajstić information content (AvgIpc) is 2.50. The Bertz CT molecular complexity index is 542. The van der Waals surface area contributed by atoms with Crippen molar-refractivity contribution in [2.75, 3.05) is 20.1 Å². The summed E-state index contributed by atoms with van der Waals surface area (Å²) in [6.45, 7) is 2.29. The third-order valence-electron chi connectivity index (χ3n) is 3.96. The molecule has 0 aromatic heterocycles. The molecule has 0 radical (unpaired) electrons. The molecule has 0 unspecified atom stereocenters. The summed E-state index contributed by atoms with van der Waals surface area (Å²) in [5, 5.41) is 0. The second-order valence-corrected chi connectivity index (χ2v) is 5.55. The van der Waals surface area contributed by atoms with Gasteiger partial charge in [-0.3, -0.25) is 0 Å². The van der Waals surface area contributed by atoms with Crippen LogP contribution in [0.25, 0.3) is 5.57 Å². The van der Waals surface area contributed by atoms with Crippen LogP contribution in [0.1, 0.15) is 24.0 Å². The smallest absolute Gasteiger partial charge is 0.0199 e. The van der Waals surface area contributed by atoms with Gasteiger partial charge < -0.3 is 4.90 Å². The molecule has 1 heteroatoms. The summed E-state index contributed by atoms with van der Waals surface area (Å²) < 4.78 is 0. The molecule has 3 rings (SSSR count). The summed E-state index contributed by atoms with van der Waals surface area (Å²) in [7, 11) is 2.22. The summed E-state index contributed by atoms with van der Waals surface area (Å²) in [5.41, 5.74) is 5.67. The number of nitrogens with zero attached hydrogens (tertiary/aromatic N) is 1. The molecule has 1 aliphatic rings. The summed E-state index contributed by atoms with van der Waals surface area (Å²) in [6.07, 6.45) is 2.47. The van der Waals surface area contributed by atoms with Crippen molar-refractivity contribution in [3.05, 3.63) is 77.4 Å². The third-order valence-corrected chi connectivity index (χ3v) is 3.96. The Morgan fingerprint density at radius 3 is 1.90 bits per heavy atom. The topological polar surface area (TPSA) is 3.24 Å². The Labute approximate surface area is 121 Å². The van der Waals surface area contributed by atoms with Crippen LogP contribution in [0.15, 0.2) is 66.2 Å². The van der Waals surface area contributed by atoms with E-state index in [4.69, 9.17) is 0 Å². The van der Waals surface area contributed by atoms with Gasteiger partial charge in [0.05, 0.1) is 0 Å². The number of likely N-dealkylation sites (tertiary alicyclic amines) is 1. The predicted molar refractivity (Wildman–Crippen MR) is 85.6 cm³/mol. The van der Waals surface area contributed by atoms with Gasteiger partial charge in [0, 0.05) is 6.54 Å². The highest BCUT2D eigenvalue weighted by molar-refractivity contribution is 5.82. The summed E-state index contributed by atoms with van der Waals surface area (Å²) >= 11 is 0. The Morgan fingerprint density at radius 1 is 0.850 bits per heavy atom. The van der Waals surface area contributed by atoms with Crippen LogP contribution in [-0.4, -0.2) is 25.0 Å². The van der Waals surface area contributed by atoms with Crippen LogP contribution < -0.4 is 0 Å². The van der Waals surface area contributed by atoms with Crippen LogP contribution in [0.5, 0.6) is 0 Å². The molecule has 1 saturated heterocycles. The van der Waals surface area contributed by atoms with E-state index >= 15 is 0 Å². The Kier molecular flexibility index (Phi) is 3.98. The van der Waals surface area contributed by atoms with Gasteiger partial charge in [0.25, 0.3) is 0 Å². The largest absolute Gasteiger partial charge is 0.302 e. The lowest BCUT2D eigenvalue weighted by molar-refractivity contribution is 0.323. The maximum Gasteiger partial charge on any atom is 0.0199 e. The minimum atomic E-state index is 1.08. The quantitative estimate of drug-likeness (QED) is 0.784. The molecule has 1 heterocycles. The number of hydrogen-bond donors (Lipinski definition) is 0. The fraction of sp³-hybridized carbons (Fsp3) is 0.263. The van der Waals surface area contributed by atoms with Crippen LogP contribution in [0, 0.1) is 0 Å². The van der Waals surface area contributed by atoms with Gasteiger partial charge >= 0.3 is 0 Å². The lowest BCUT2D eigenvalue weighted by Crippen LogP contribution is -2.27. The molecule has 20 heavy (non-hydrogen) atoms. The van der Waals surface area contributed by atoms with Crippen LogP contribution in [0.3, 0.4) is 0 Å². The van der Waals surface area contributed by atoms with E-state index < -0.39 is 0 Å². The average molecular weight is 263 g/mol. The van der Waals surface area contributed by atoms with Gasteiger partial charge in [0.15, 0.2) is 0 Å². The van der Waals surface area contributed by atoms with Gasteiger partial charge in [-0.15, -0.1) is 0 Å². The van der Waals surface area contributed by atoms with Crippen molar-refractivity contribution in [1.29, 1.82) is 0 Å². The monoisotopic (exact) mass is 263 g/mol. The maximum absolute atomic E-state index is 2.42. The third kappa shape index (κ3) is 2.83. The highest BCUT2D eigenvalue weighted by atomic mass is 15.1. The lowest BCUT2D eigenvalue weighted by Gasteiger charge is -2.27. The van der Waals surface area contributed by atoms with Crippen LogP contribution in [0.4, 0.5) is 0 Å². The zero-order valence-corrected chi connectivity index (χ0v) is 12.0. The van der Waals surface area contributed by atoms with E-state index in [1.165, 1.54) is 36.1 Å². The molecular weight excluding hydrogens is 242 g/mol. The van der Waals surface area contributed by atoms with E-state index in [1.807, 2.05) is 0 Å². The fourth-order valence-corrected chi connectivity index (χ4v) is 3.03. The van der Waals surface area contributed by atoms with Gasteiger partial charge in [-0.05, 0) is 48.7 Å². The van der Waals surface area contributed by atoms with E-state index in [1.54, 1.807) is 5.57 Å². The normalized spacial score (nSPS) is 16.1. The van der Waals surface area contributed by atoms with E-state index in [-0.39, 0.29) is 0 Å². The van der Waals surface area contributed by atoms with E-state index in [2.05, 4.69) is 72.6 Å². The maximum atomic E-state index is 2.42. The van der Waals surface area contributed by atoms with Gasteiger partial charge in [0.1, 0.15) is 0 Å². The first-order chi connectivity index (χ1) is 9.84. The molecule has 1 nitrogen and oxygen atoms in total. The first kappa shape index (κ1) is 13.1. The molecule has 1 aliphatic heterocycles. The highest BCUT2D eigenvalue weighted by Crippen LogP contribution is 2.31. The number of rotatable bonds is 2. The molecule has 0 N–H and O–H groups in total. The summed E-state index contributed by atoms with van der Waals surface area (Å²) in [4.78, 5) is 2.42. The standard InChI is InChI=1S/C19H21N/c1-20-14-8-13-18(15-20)19(16-9-4-2-5-10-16)17-11-6-3-7-12-17/h2-7,9-12H,8,13-15H2,1H3. The van der Waals surface area contributed by atoms with Crippen LogP contribution in [-0.2, 0) is 0 Å². The first-order valence-corrected chi connectivity index (χ1v) is 7.36. The molecular formula is C19H21N.